The number of benzene rings is 1. The molecule has 0 saturated heterocycles. The SMILES string of the molecule is Cc1ccc(N2C(=O)C=CC2=O)c(N2C(=O)C=CC2=O)c1. The molecule has 0 aromatic heterocycles. The van der Waals surface area contributed by atoms with Crippen molar-refractivity contribution in [1.29, 1.82) is 0 Å². The summed E-state index contributed by atoms with van der Waals surface area (Å²) in [6.45, 7) is 1.79. The van der Waals surface area contributed by atoms with E-state index in [2.05, 4.69) is 0 Å². The summed E-state index contributed by atoms with van der Waals surface area (Å²) in [7, 11) is 0. The first kappa shape index (κ1) is 13.0. The zero-order valence-corrected chi connectivity index (χ0v) is 11.1. The highest BCUT2D eigenvalue weighted by molar-refractivity contribution is 6.33. The largest absolute Gasteiger partial charge is 0.269 e. The van der Waals surface area contributed by atoms with Gasteiger partial charge in [0.1, 0.15) is 0 Å². The summed E-state index contributed by atoms with van der Waals surface area (Å²) in [5.41, 5.74) is 1.24. The molecule has 2 heterocycles. The van der Waals surface area contributed by atoms with E-state index in [1.54, 1.807) is 25.1 Å². The molecule has 21 heavy (non-hydrogen) atoms. The van der Waals surface area contributed by atoms with Gasteiger partial charge in [-0.15, -0.1) is 0 Å². The molecule has 3 rings (SSSR count). The minimum absolute atomic E-state index is 0.214. The fourth-order valence-electron chi connectivity index (χ4n) is 2.28. The number of hydrogen-bond acceptors (Lipinski definition) is 4. The summed E-state index contributed by atoms with van der Waals surface area (Å²) in [6, 6.07) is 4.85. The predicted octanol–water partition coefficient (Wildman–Crippen LogP) is 0.854. The van der Waals surface area contributed by atoms with Gasteiger partial charge < -0.3 is 0 Å². The number of amides is 4. The molecule has 0 unspecified atom stereocenters. The molecule has 0 atom stereocenters. The molecule has 104 valence electrons. The average molecular weight is 282 g/mol. The molecule has 6 nitrogen and oxygen atoms in total. The van der Waals surface area contributed by atoms with Gasteiger partial charge in [0.25, 0.3) is 23.6 Å². The van der Waals surface area contributed by atoms with E-state index in [0.717, 1.165) is 39.7 Å². The van der Waals surface area contributed by atoms with Crippen LogP contribution in [0.2, 0.25) is 0 Å². The van der Waals surface area contributed by atoms with Crippen LogP contribution in [-0.2, 0) is 19.2 Å². The first-order valence-electron chi connectivity index (χ1n) is 6.22. The highest BCUT2D eigenvalue weighted by Gasteiger charge is 2.33. The van der Waals surface area contributed by atoms with Crippen molar-refractivity contribution in [1.82, 2.24) is 0 Å². The van der Waals surface area contributed by atoms with Crippen molar-refractivity contribution in [2.75, 3.05) is 9.80 Å². The van der Waals surface area contributed by atoms with Crippen molar-refractivity contribution < 1.29 is 19.2 Å². The van der Waals surface area contributed by atoms with Crippen molar-refractivity contribution in [3.63, 3.8) is 0 Å². The number of nitrogens with zero attached hydrogens (tertiary/aromatic N) is 2. The van der Waals surface area contributed by atoms with E-state index in [0.29, 0.717) is 0 Å². The maximum Gasteiger partial charge on any atom is 0.258 e. The van der Waals surface area contributed by atoms with Gasteiger partial charge in [-0.25, -0.2) is 9.80 Å². The molecular weight excluding hydrogens is 272 g/mol. The Morgan fingerprint density at radius 3 is 1.57 bits per heavy atom. The highest BCUT2D eigenvalue weighted by atomic mass is 16.2. The summed E-state index contributed by atoms with van der Waals surface area (Å²) in [5.74, 6) is -2.01. The molecule has 0 spiro atoms. The van der Waals surface area contributed by atoms with Crippen LogP contribution in [0.25, 0.3) is 0 Å². The lowest BCUT2D eigenvalue weighted by molar-refractivity contribution is -0.122. The normalized spacial score (nSPS) is 17.6. The van der Waals surface area contributed by atoms with Crippen LogP contribution in [0.15, 0.2) is 42.5 Å². The molecule has 0 radical (unpaired) electrons. The summed E-state index contributed by atoms with van der Waals surface area (Å²) < 4.78 is 0. The van der Waals surface area contributed by atoms with Crippen LogP contribution in [0.1, 0.15) is 5.56 Å². The number of hydrogen-bond donors (Lipinski definition) is 0. The van der Waals surface area contributed by atoms with Crippen molar-refractivity contribution >= 4 is 35.0 Å². The van der Waals surface area contributed by atoms with Gasteiger partial charge in [0.2, 0.25) is 0 Å². The Labute approximate surface area is 119 Å². The monoisotopic (exact) mass is 282 g/mol. The van der Waals surface area contributed by atoms with Crippen LogP contribution < -0.4 is 9.80 Å². The molecule has 0 aliphatic carbocycles. The number of anilines is 2. The predicted molar refractivity (Wildman–Crippen MR) is 74.4 cm³/mol. The molecule has 1 aromatic carbocycles. The number of carbonyl (C=O) groups is 4. The Balaban J connectivity index is 2.15. The van der Waals surface area contributed by atoms with E-state index < -0.39 is 23.6 Å². The van der Waals surface area contributed by atoms with E-state index in [9.17, 15) is 19.2 Å². The van der Waals surface area contributed by atoms with Gasteiger partial charge in [-0.3, -0.25) is 19.2 Å². The summed E-state index contributed by atoms with van der Waals surface area (Å²) >= 11 is 0. The number of aryl methyl sites for hydroxylation is 1. The third-order valence-electron chi connectivity index (χ3n) is 3.23. The zero-order valence-electron chi connectivity index (χ0n) is 11.1. The lowest BCUT2D eigenvalue weighted by Crippen LogP contribution is -2.35. The molecule has 2 aliphatic rings. The molecular formula is C15H10N2O4. The van der Waals surface area contributed by atoms with Crippen LogP contribution in [0, 0.1) is 6.92 Å². The fourth-order valence-corrected chi connectivity index (χ4v) is 2.28. The second-order valence-electron chi connectivity index (χ2n) is 4.68. The second kappa shape index (κ2) is 4.52. The standard InChI is InChI=1S/C15H10N2O4/c1-9-2-3-10(16-12(18)4-5-13(16)19)11(8-9)17-14(20)6-7-15(17)21/h2-8H,1H3. The summed E-state index contributed by atoms with van der Waals surface area (Å²) in [5, 5.41) is 0. The van der Waals surface area contributed by atoms with Crippen molar-refractivity contribution in [2.24, 2.45) is 0 Å². The molecule has 1 aromatic rings. The Morgan fingerprint density at radius 2 is 1.10 bits per heavy atom. The Kier molecular flexibility index (Phi) is 2.79. The maximum atomic E-state index is 11.8. The number of rotatable bonds is 2. The van der Waals surface area contributed by atoms with Gasteiger partial charge in [0.05, 0.1) is 11.4 Å². The summed E-state index contributed by atoms with van der Waals surface area (Å²) in [4.78, 5) is 49.2. The molecule has 6 heteroatoms. The Bertz CT molecular complexity index is 725. The van der Waals surface area contributed by atoms with Gasteiger partial charge in [-0.1, -0.05) is 6.07 Å². The lowest BCUT2D eigenvalue weighted by atomic mass is 10.1. The zero-order chi connectivity index (χ0) is 15.1. The maximum absolute atomic E-state index is 11.8. The minimum atomic E-state index is -0.503. The molecule has 4 amide bonds. The molecule has 0 bridgehead atoms. The summed E-state index contributed by atoms with van der Waals surface area (Å²) in [6.07, 6.45) is 4.61. The Morgan fingerprint density at radius 1 is 0.667 bits per heavy atom. The second-order valence-corrected chi connectivity index (χ2v) is 4.68. The average Bonchev–Trinajstić information content (AvgIpc) is 2.94. The molecule has 0 N–H and O–H groups in total. The van der Waals surface area contributed by atoms with E-state index in [1.165, 1.54) is 0 Å². The van der Waals surface area contributed by atoms with E-state index in [-0.39, 0.29) is 11.4 Å². The van der Waals surface area contributed by atoms with Gasteiger partial charge in [-0.2, -0.15) is 0 Å². The van der Waals surface area contributed by atoms with Crippen LogP contribution in [-0.4, -0.2) is 23.6 Å². The highest BCUT2D eigenvalue weighted by Crippen LogP contribution is 2.34. The molecule has 2 aliphatic heterocycles. The quantitative estimate of drug-likeness (QED) is 0.754. The third kappa shape index (κ3) is 1.97. The van der Waals surface area contributed by atoms with Gasteiger partial charge in [0.15, 0.2) is 0 Å². The molecule has 0 saturated carbocycles. The van der Waals surface area contributed by atoms with Crippen LogP contribution in [0.5, 0.6) is 0 Å². The van der Waals surface area contributed by atoms with E-state index in [4.69, 9.17) is 0 Å². The minimum Gasteiger partial charge on any atom is -0.269 e. The van der Waals surface area contributed by atoms with Gasteiger partial charge in [-0.05, 0) is 24.6 Å². The Hall–Kier alpha value is -3.02. The van der Waals surface area contributed by atoms with Crippen molar-refractivity contribution in [2.45, 2.75) is 6.92 Å². The smallest absolute Gasteiger partial charge is 0.258 e. The van der Waals surface area contributed by atoms with Crippen LogP contribution >= 0.6 is 0 Å². The third-order valence-corrected chi connectivity index (χ3v) is 3.23. The lowest BCUT2D eigenvalue weighted by Gasteiger charge is -2.23. The van der Waals surface area contributed by atoms with Crippen LogP contribution in [0.3, 0.4) is 0 Å². The topological polar surface area (TPSA) is 74.8 Å². The number of imide groups is 2. The van der Waals surface area contributed by atoms with Crippen molar-refractivity contribution in [3.05, 3.63) is 48.1 Å². The van der Waals surface area contributed by atoms with Crippen LogP contribution in [0.4, 0.5) is 11.4 Å². The van der Waals surface area contributed by atoms with Gasteiger partial charge in [0, 0.05) is 24.3 Å². The van der Waals surface area contributed by atoms with E-state index in [1.807, 2.05) is 0 Å². The van der Waals surface area contributed by atoms with Crippen molar-refractivity contribution in [3.8, 4) is 0 Å². The van der Waals surface area contributed by atoms with E-state index >= 15 is 0 Å². The molecule has 0 fully saturated rings. The first-order valence-corrected chi connectivity index (χ1v) is 6.22. The fraction of sp³-hybridized carbons (Fsp3) is 0.0667. The van der Waals surface area contributed by atoms with Gasteiger partial charge >= 0.3 is 0 Å². The first-order chi connectivity index (χ1) is 9.99. The number of carbonyl (C=O) groups excluding carboxylic acids is 4.